The van der Waals surface area contributed by atoms with E-state index in [1.54, 1.807) is 0 Å². The zero-order valence-corrected chi connectivity index (χ0v) is 17.8. The molecule has 0 atom stereocenters. The van der Waals surface area contributed by atoms with Gasteiger partial charge in [-0.3, -0.25) is 0 Å². The van der Waals surface area contributed by atoms with Gasteiger partial charge in [-0.2, -0.15) is 0 Å². The van der Waals surface area contributed by atoms with Crippen LogP contribution in [0.25, 0.3) is 55.4 Å². The third-order valence-corrected chi connectivity index (χ3v) is 6.13. The van der Waals surface area contributed by atoms with Crippen molar-refractivity contribution in [3.05, 3.63) is 96.4 Å². The summed E-state index contributed by atoms with van der Waals surface area (Å²) in [6.07, 6.45) is 1.99. The number of hydrogen-bond acceptors (Lipinski definition) is 2. The predicted octanol–water partition coefficient (Wildman–Crippen LogP) is 6.74. The Hall–Kier alpha value is -4.05. The second-order valence-corrected chi connectivity index (χ2v) is 8.16. The third-order valence-electron chi connectivity index (χ3n) is 6.13. The lowest BCUT2D eigenvalue weighted by Crippen LogP contribution is -2.30. The molecule has 0 amide bonds. The lowest BCUT2D eigenvalue weighted by Gasteiger charge is -2.05. The Balaban J connectivity index is 1.62. The maximum Gasteiger partial charge on any atom is 0.230 e. The van der Waals surface area contributed by atoms with Gasteiger partial charge in [0.2, 0.25) is 11.4 Å². The van der Waals surface area contributed by atoms with Crippen molar-refractivity contribution in [2.75, 3.05) is 0 Å². The quantitative estimate of drug-likeness (QED) is 0.291. The van der Waals surface area contributed by atoms with Gasteiger partial charge in [0.1, 0.15) is 12.9 Å². The van der Waals surface area contributed by atoms with Crippen molar-refractivity contribution >= 4 is 32.8 Å². The molecule has 0 unspecified atom stereocenters. The van der Waals surface area contributed by atoms with Crippen LogP contribution in [0.3, 0.4) is 0 Å². The van der Waals surface area contributed by atoms with Crippen molar-refractivity contribution in [1.29, 1.82) is 0 Å². The lowest BCUT2D eigenvalue weighted by molar-refractivity contribution is -0.660. The Morgan fingerprint density at radius 2 is 1.69 bits per heavy atom. The summed E-state index contributed by atoms with van der Waals surface area (Å²) in [6.45, 7) is 2.04. The van der Waals surface area contributed by atoms with Crippen molar-refractivity contribution in [1.82, 2.24) is 4.98 Å². The highest BCUT2D eigenvalue weighted by Crippen LogP contribution is 2.38. The van der Waals surface area contributed by atoms with Crippen LogP contribution >= 0.6 is 0 Å². The van der Waals surface area contributed by atoms with Gasteiger partial charge in [-0.05, 0) is 35.4 Å². The second kappa shape index (κ2) is 6.99. The van der Waals surface area contributed by atoms with E-state index in [9.17, 15) is 0 Å². The average Bonchev–Trinajstić information content (AvgIpc) is 3.18. The van der Waals surface area contributed by atoms with Crippen LogP contribution in [0.4, 0.5) is 4.39 Å². The van der Waals surface area contributed by atoms with E-state index >= 15 is 4.39 Å². The van der Waals surface area contributed by atoms with E-state index in [-0.39, 0.29) is 5.82 Å². The Morgan fingerprint density at radius 3 is 2.53 bits per heavy atom. The molecule has 0 aliphatic heterocycles. The number of aryl methyl sites for hydroxylation is 2. The number of nitrogens with zero attached hydrogens (tertiary/aromatic N) is 2. The van der Waals surface area contributed by atoms with Crippen LogP contribution in [0.5, 0.6) is 0 Å². The molecule has 0 N–H and O–H groups in total. The van der Waals surface area contributed by atoms with E-state index in [2.05, 4.69) is 6.07 Å². The SMILES string of the molecule is Cc1ccc2c(oc3nc(-c4ccc5ccccc5c4)cc(F)c32)c1-c1cccc[n+]1C. The zero-order valence-electron chi connectivity index (χ0n) is 17.8. The first-order chi connectivity index (χ1) is 15.6. The number of furan rings is 1. The molecule has 4 heteroatoms. The summed E-state index contributed by atoms with van der Waals surface area (Å²) in [4.78, 5) is 4.72. The van der Waals surface area contributed by atoms with E-state index in [0.29, 0.717) is 22.4 Å². The summed E-state index contributed by atoms with van der Waals surface area (Å²) >= 11 is 0. The van der Waals surface area contributed by atoms with Crippen molar-refractivity contribution in [2.45, 2.75) is 6.92 Å². The van der Waals surface area contributed by atoms with Crippen molar-refractivity contribution < 1.29 is 13.4 Å². The van der Waals surface area contributed by atoms with E-state index in [1.807, 2.05) is 91.5 Å². The predicted molar refractivity (Wildman–Crippen MR) is 126 cm³/mol. The number of pyridine rings is 2. The summed E-state index contributed by atoms with van der Waals surface area (Å²) in [7, 11) is 1.99. The molecule has 6 aromatic rings. The first kappa shape index (κ1) is 18.7. The minimum atomic E-state index is -0.329. The monoisotopic (exact) mass is 419 g/mol. The molecule has 0 fully saturated rings. The van der Waals surface area contributed by atoms with Crippen molar-refractivity contribution in [2.24, 2.45) is 7.05 Å². The summed E-state index contributed by atoms with van der Waals surface area (Å²) in [5, 5.41) is 3.38. The van der Waals surface area contributed by atoms with E-state index in [0.717, 1.165) is 38.5 Å². The van der Waals surface area contributed by atoms with Gasteiger partial charge in [-0.1, -0.05) is 48.5 Å². The molecule has 3 aromatic carbocycles. The fraction of sp³-hybridized carbons (Fsp3) is 0.0714. The minimum absolute atomic E-state index is 0.314. The Kier molecular flexibility index (Phi) is 4.08. The Morgan fingerprint density at radius 1 is 0.875 bits per heavy atom. The molecule has 0 saturated heterocycles. The van der Waals surface area contributed by atoms with E-state index in [1.165, 1.54) is 6.07 Å². The second-order valence-electron chi connectivity index (χ2n) is 8.16. The Bertz CT molecular complexity index is 1670. The molecule has 3 nitrogen and oxygen atoms in total. The largest absolute Gasteiger partial charge is 0.437 e. The highest BCUT2D eigenvalue weighted by Gasteiger charge is 2.22. The number of hydrogen-bond donors (Lipinski definition) is 0. The Labute approximate surface area is 184 Å². The average molecular weight is 419 g/mol. The van der Waals surface area contributed by atoms with Crippen LogP contribution in [0.2, 0.25) is 0 Å². The fourth-order valence-electron chi connectivity index (χ4n) is 4.49. The number of aromatic nitrogens is 2. The summed E-state index contributed by atoms with van der Waals surface area (Å²) in [6, 6.07) is 25.6. The summed E-state index contributed by atoms with van der Waals surface area (Å²) in [5.41, 5.74) is 5.41. The standard InChI is InChI=1S/C28H20FN2O/c1-17-10-13-21-26-22(29)16-23(20-12-11-18-7-3-4-8-19(18)15-20)30-28(26)32-27(21)25(17)24-9-5-6-14-31(24)2/h3-16H,1-2H3/q+1. The molecular weight excluding hydrogens is 399 g/mol. The molecule has 0 saturated carbocycles. The van der Waals surface area contributed by atoms with Crippen LogP contribution in [0, 0.1) is 12.7 Å². The van der Waals surface area contributed by atoms with Gasteiger partial charge >= 0.3 is 0 Å². The van der Waals surface area contributed by atoms with Crippen LogP contribution < -0.4 is 4.57 Å². The van der Waals surface area contributed by atoms with Gasteiger partial charge in [0.15, 0.2) is 11.8 Å². The normalized spacial score (nSPS) is 11.6. The minimum Gasteiger partial charge on any atom is -0.437 e. The highest BCUT2D eigenvalue weighted by atomic mass is 19.1. The van der Waals surface area contributed by atoms with Gasteiger partial charge in [0.25, 0.3) is 0 Å². The molecule has 0 spiro atoms. The van der Waals surface area contributed by atoms with Gasteiger partial charge in [0, 0.05) is 29.1 Å². The molecule has 0 bridgehead atoms. The molecular formula is C28H20FN2O+. The molecule has 0 aliphatic rings. The maximum absolute atomic E-state index is 15.4. The van der Waals surface area contributed by atoms with Gasteiger partial charge < -0.3 is 4.42 Å². The molecule has 0 aliphatic carbocycles. The van der Waals surface area contributed by atoms with Crippen molar-refractivity contribution in [3.8, 4) is 22.5 Å². The molecule has 0 radical (unpaired) electrons. The van der Waals surface area contributed by atoms with E-state index < -0.39 is 0 Å². The summed E-state index contributed by atoms with van der Waals surface area (Å²) < 4.78 is 23.7. The molecule has 3 heterocycles. The first-order valence-corrected chi connectivity index (χ1v) is 10.6. The topological polar surface area (TPSA) is 29.9 Å². The van der Waals surface area contributed by atoms with E-state index in [4.69, 9.17) is 9.40 Å². The van der Waals surface area contributed by atoms with Gasteiger partial charge in [-0.15, -0.1) is 0 Å². The third kappa shape index (κ3) is 2.80. The van der Waals surface area contributed by atoms with Gasteiger partial charge in [0.05, 0.1) is 16.6 Å². The molecule has 32 heavy (non-hydrogen) atoms. The van der Waals surface area contributed by atoms with Crippen LogP contribution in [0.15, 0.2) is 89.5 Å². The zero-order chi connectivity index (χ0) is 21.8. The summed E-state index contributed by atoms with van der Waals surface area (Å²) in [5.74, 6) is -0.329. The highest BCUT2D eigenvalue weighted by molar-refractivity contribution is 6.09. The fourth-order valence-corrected chi connectivity index (χ4v) is 4.49. The van der Waals surface area contributed by atoms with Crippen molar-refractivity contribution in [3.63, 3.8) is 0 Å². The van der Waals surface area contributed by atoms with Crippen LogP contribution in [-0.2, 0) is 7.05 Å². The molecule has 6 rings (SSSR count). The number of fused-ring (bicyclic) bond motifs is 4. The van der Waals surface area contributed by atoms with Crippen LogP contribution in [0.1, 0.15) is 5.56 Å². The smallest absolute Gasteiger partial charge is 0.230 e. The first-order valence-electron chi connectivity index (χ1n) is 10.6. The molecule has 154 valence electrons. The lowest BCUT2D eigenvalue weighted by atomic mass is 10.0. The number of rotatable bonds is 2. The van der Waals surface area contributed by atoms with Crippen LogP contribution in [-0.4, -0.2) is 4.98 Å². The number of benzene rings is 3. The number of halogens is 1. The molecule has 3 aromatic heterocycles. The maximum atomic E-state index is 15.4. The van der Waals surface area contributed by atoms with Gasteiger partial charge in [-0.25, -0.2) is 13.9 Å².